The van der Waals surface area contributed by atoms with Crippen LogP contribution in [0.2, 0.25) is 0 Å². The van der Waals surface area contributed by atoms with Crippen LogP contribution in [0.15, 0.2) is 36.9 Å². The molecule has 0 amide bonds. The molecule has 0 aliphatic heterocycles. The highest BCUT2D eigenvalue weighted by Gasteiger charge is 2.33. The van der Waals surface area contributed by atoms with Crippen LogP contribution in [0.5, 0.6) is 5.75 Å². The standard InChI is InChI=1S/C31H48O3/c1-3-9-25-11-15-27(16-12-25)28-17-19-29(20-18-28)31(32)34-30-21-13-26(14-22-30)10-7-5-6-8-24-33-23-4-2/h4,13-14,21-22,25,27-29H,2-3,5-12,15-20,23-24H2,1H3. The Labute approximate surface area is 208 Å². The molecule has 0 atom stereocenters. The van der Waals surface area contributed by atoms with E-state index >= 15 is 0 Å². The SMILES string of the molecule is C=CCOCCCCCCc1ccc(OC(=O)C2CCC(C3CCC(CCC)CC3)CC2)cc1. The summed E-state index contributed by atoms with van der Waals surface area (Å²) < 4.78 is 11.2. The highest BCUT2D eigenvalue weighted by atomic mass is 16.5. The van der Waals surface area contributed by atoms with E-state index in [2.05, 4.69) is 25.6 Å². The quantitative estimate of drug-likeness (QED) is 0.119. The Morgan fingerprint density at radius 1 is 0.912 bits per heavy atom. The van der Waals surface area contributed by atoms with Crippen LogP contribution in [0.1, 0.15) is 102 Å². The van der Waals surface area contributed by atoms with E-state index in [1.54, 1.807) is 6.08 Å². The monoisotopic (exact) mass is 468 g/mol. The minimum Gasteiger partial charge on any atom is -0.426 e. The summed E-state index contributed by atoms with van der Waals surface area (Å²) in [6.45, 7) is 7.45. The molecule has 3 heteroatoms. The van der Waals surface area contributed by atoms with Crippen molar-refractivity contribution in [2.45, 2.75) is 103 Å². The van der Waals surface area contributed by atoms with Crippen molar-refractivity contribution in [3.63, 3.8) is 0 Å². The minimum atomic E-state index is -0.0171. The molecule has 0 radical (unpaired) electrons. The number of hydrogen-bond donors (Lipinski definition) is 0. The second-order valence-corrected chi connectivity index (χ2v) is 10.8. The number of aryl methyl sites for hydroxylation is 1. The van der Waals surface area contributed by atoms with Gasteiger partial charge in [-0.05, 0) is 93.2 Å². The van der Waals surface area contributed by atoms with Crippen molar-refractivity contribution < 1.29 is 14.3 Å². The van der Waals surface area contributed by atoms with E-state index in [0.29, 0.717) is 12.4 Å². The van der Waals surface area contributed by atoms with Gasteiger partial charge in [0.15, 0.2) is 0 Å². The number of ether oxygens (including phenoxy) is 2. The molecule has 0 saturated heterocycles. The van der Waals surface area contributed by atoms with Crippen LogP contribution in [0.25, 0.3) is 0 Å². The summed E-state index contributed by atoms with van der Waals surface area (Å²) in [4.78, 5) is 12.8. The summed E-state index contributed by atoms with van der Waals surface area (Å²) in [6.07, 6.45) is 20.5. The number of carbonyl (C=O) groups excluding carboxylic acids is 1. The van der Waals surface area contributed by atoms with Crippen LogP contribution in [-0.4, -0.2) is 19.2 Å². The molecule has 2 aliphatic rings. The average molecular weight is 469 g/mol. The summed E-state index contributed by atoms with van der Waals surface area (Å²) in [6, 6.07) is 8.16. The maximum absolute atomic E-state index is 12.8. The minimum absolute atomic E-state index is 0.0171. The number of unbranched alkanes of at least 4 members (excludes halogenated alkanes) is 3. The molecule has 1 aromatic carbocycles. The molecule has 0 heterocycles. The predicted octanol–water partition coefficient (Wildman–Crippen LogP) is 8.31. The molecule has 34 heavy (non-hydrogen) atoms. The fourth-order valence-electron chi connectivity index (χ4n) is 6.16. The Morgan fingerprint density at radius 3 is 2.21 bits per heavy atom. The molecule has 0 bridgehead atoms. The van der Waals surface area contributed by atoms with Crippen LogP contribution in [0.4, 0.5) is 0 Å². The average Bonchev–Trinajstić information content (AvgIpc) is 2.87. The third kappa shape index (κ3) is 9.21. The second kappa shape index (κ2) is 15.4. The van der Waals surface area contributed by atoms with Crippen LogP contribution in [0, 0.1) is 23.7 Å². The Bertz CT molecular complexity index is 694. The maximum atomic E-state index is 12.8. The van der Waals surface area contributed by atoms with Gasteiger partial charge in [-0.15, -0.1) is 6.58 Å². The zero-order chi connectivity index (χ0) is 24.0. The maximum Gasteiger partial charge on any atom is 0.314 e. The van der Waals surface area contributed by atoms with Gasteiger partial charge in [-0.2, -0.15) is 0 Å². The van der Waals surface area contributed by atoms with Crippen molar-refractivity contribution in [2.24, 2.45) is 23.7 Å². The van der Waals surface area contributed by atoms with Gasteiger partial charge in [0, 0.05) is 6.61 Å². The lowest BCUT2D eigenvalue weighted by Crippen LogP contribution is -2.30. The van der Waals surface area contributed by atoms with Gasteiger partial charge >= 0.3 is 5.97 Å². The molecule has 3 nitrogen and oxygen atoms in total. The molecule has 0 spiro atoms. The predicted molar refractivity (Wildman–Crippen MR) is 141 cm³/mol. The molecule has 2 aliphatic carbocycles. The van der Waals surface area contributed by atoms with E-state index in [-0.39, 0.29) is 11.9 Å². The zero-order valence-corrected chi connectivity index (χ0v) is 21.6. The lowest BCUT2D eigenvalue weighted by molar-refractivity contribution is -0.140. The molecule has 0 aromatic heterocycles. The fraction of sp³-hybridized carbons (Fsp3) is 0.710. The number of esters is 1. The van der Waals surface area contributed by atoms with Gasteiger partial charge in [0.1, 0.15) is 5.75 Å². The molecule has 3 rings (SSSR count). The Balaban J connectivity index is 1.29. The molecule has 1 aromatic rings. The largest absolute Gasteiger partial charge is 0.426 e. The van der Waals surface area contributed by atoms with Crippen molar-refractivity contribution >= 4 is 5.97 Å². The van der Waals surface area contributed by atoms with E-state index in [0.717, 1.165) is 50.0 Å². The summed E-state index contributed by atoms with van der Waals surface area (Å²) in [5.41, 5.74) is 1.32. The van der Waals surface area contributed by atoms with Gasteiger partial charge < -0.3 is 9.47 Å². The smallest absolute Gasteiger partial charge is 0.314 e. The first-order valence-corrected chi connectivity index (χ1v) is 14.2. The lowest BCUT2D eigenvalue weighted by atomic mass is 9.69. The number of hydrogen-bond acceptors (Lipinski definition) is 3. The molecule has 2 fully saturated rings. The topological polar surface area (TPSA) is 35.5 Å². The first-order chi connectivity index (χ1) is 16.7. The van der Waals surface area contributed by atoms with E-state index in [1.165, 1.54) is 76.2 Å². The van der Waals surface area contributed by atoms with Crippen molar-refractivity contribution in [1.82, 2.24) is 0 Å². The molecule has 0 unspecified atom stereocenters. The number of benzene rings is 1. The number of rotatable bonds is 14. The molecular formula is C31H48O3. The van der Waals surface area contributed by atoms with Crippen molar-refractivity contribution in [2.75, 3.05) is 13.2 Å². The third-order valence-corrected chi connectivity index (χ3v) is 8.24. The third-order valence-electron chi connectivity index (χ3n) is 8.24. The van der Waals surface area contributed by atoms with Crippen LogP contribution in [-0.2, 0) is 16.0 Å². The first-order valence-electron chi connectivity index (χ1n) is 14.2. The Morgan fingerprint density at radius 2 is 1.56 bits per heavy atom. The molecule has 190 valence electrons. The Kier molecular flexibility index (Phi) is 12.2. The van der Waals surface area contributed by atoms with Gasteiger partial charge in [-0.1, -0.05) is 63.7 Å². The highest BCUT2D eigenvalue weighted by Crippen LogP contribution is 2.42. The van der Waals surface area contributed by atoms with E-state index in [4.69, 9.17) is 9.47 Å². The Hall–Kier alpha value is -1.61. The van der Waals surface area contributed by atoms with Gasteiger partial charge in [0.2, 0.25) is 0 Å². The van der Waals surface area contributed by atoms with E-state index in [9.17, 15) is 4.79 Å². The summed E-state index contributed by atoms with van der Waals surface area (Å²) >= 11 is 0. The van der Waals surface area contributed by atoms with Crippen LogP contribution < -0.4 is 4.74 Å². The molecule has 0 N–H and O–H groups in total. The van der Waals surface area contributed by atoms with Crippen LogP contribution in [0.3, 0.4) is 0 Å². The first kappa shape index (κ1) is 27.0. The summed E-state index contributed by atoms with van der Waals surface area (Å²) in [5.74, 6) is 3.49. The lowest BCUT2D eigenvalue weighted by Gasteiger charge is -2.37. The van der Waals surface area contributed by atoms with E-state index in [1.807, 2.05) is 12.1 Å². The molecular weight excluding hydrogens is 420 g/mol. The van der Waals surface area contributed by atoms with Crippen molar-refractivity contribution in [1.29, 1.82) is 0 Å². The van der Waals surface area contributed by atoms with Gasteiger partial charge in [-0.3, -0.25) is 4.79 Å². The van der Waals surface area contributed by atoms with Gasteiger partial charge in [-0.25, -0.2) is 0 Å². The van der Waals surface area contributed by atoms with Crippen molar-refractivity contribution in [3.8, 4) is 5.75 Å². The molecule has 2 saturated carbocycles. The number of carbonyl (C=O) groups is 1. The normalized spacial score (nSPS) is 25.1. The fourth-order valence-corrected chi connectivity index (χ4v) is 6.16. The summed E-state index contributed by atoms with van der Waals surface area (Å²) in [7, 11) is 0. The van der Waals surface area contributed by atoms with Gasteiger partial charge in [0.05, 0.1) is 12.5 Å². The second-order valence-electron chi connectivity index (χ2n) is 10.8. The zero-order valence-electron chi connectivity index (χ0n) is 21.6. The van der Waals surface area contributed by atoms with Crippen molar-refractivity contribution in [3.05, 3.63) is 42.5 Å². The van der Waals surface area contributed by atoms with E-state index < -0.39 is 0 Å². The summed E-state index contributed by atoms with van der Waals surface area (Å²) in [5, 5.41) is 0. The highest BCUT2D eigenvalue weighted by molar-refractivity contribution is 5.75. The van der Waals surface area contributed by atoms with Crippen LogP contribution >= 0.6 is 0 Å². The van der Waals surface area contributed by atoms with Gasteiger partial charge in [0.25, 0.3) is 0 Å².